The second kappa shape index (κ2) is 7.58. The Morgan fingerprint density at radius 2 is 2.07 bits per heavy atom. The Balaban J connectivity index is 1.77. The van der Waals surface area contributed by atoms with E-state index >= 15 is 0 Å². The van der Waals surface area contributed by atoms with Gasteiger partial charge in [-0.1, -0.05) is 13.0 Å². The molecule has 2 aliphatic rings. The van der Waals surface area contributed by atoms with Gasteiger partial charge in [-0.25, -0.2) is 0 Å². The molecular formula is C20H26N2O5. The molecular weight excluding hydrogens is 348 g/mol. The van der Waals surface area contributed by atoms with E-state index in [1.54, 1.807) is 23.8 Å². The maximum atomic E-state index is 13.1. The summed E-state index contributed by atoms with van der Waals surface area (Å²) in [6.45, 7) is 4.03. The SMILES string of the molecule is COc1ccc(C)cc1N1CC(C(=O)N(CC(C)C(=O)O)C2CC2)CC1=O. The van der Waals surface area contributed by atoms with E-state index < -0.39 is 17.8 Å². The van der Waals surface area contributed by atoms with Gasteiger partial charge in [-0.2, -0.15) is 0 Å². The number of rotatable bonds is 7. The van der Waals surface area contributed by atoms with Crippen molar-refractivity contribution in [3.05, 3.63) is 23.8 Å². The third-order valence-electron chi connectivity index (χ3n) is 5.26. The highest BCUT2D eigenvalue weighted by Gasteiger charge is 2.42. The quantitative estimate of drug-likeness (QED) is 0.789. The number of carboxylic acids is 1. The summed E-state index contributed by atoms with van der Waals surface area (Å²) in [6.07, 6.45) is 1.93. The maximum absolute atomic E-state index is 13.1. The fourth-order valence-corrected chi connectivity index (χ4v) is 3.53. The highest BCUT2D eigenvalue weighted by Crippen LogP contribution is 2.36. The van der Waals surface area contributed by atoms with E-state index in [2.05, 4.69) is 0 Å². The van der Waals surface area contributed by atoms with Crippen LogP contribution in [0.1, 0.15) is 31.7 Å². The minimum absolute atomic E-state index is 0.108. The van der Waals surface area contributed by atoms with Gasteiger partial charge in [0, 0.05) is 25.6 Å². The molecule has 0 radical (unpaired) electrons. The number of hydrogen-bond acceptors (Lipinski definition) is 4. The lowest BCUT2D eigenvalue weighted by Crippen LogP contribution is -2.42. The molecule has 1 aromatic rings. The minimum atomic E-state index is -0.915. The van der Waals surface area contributed by atoms with E-state index in [9.17, 15) is 19.5 Å². The van der Waals surface area contributed by atoms with E-state index in [1.165, 1.54) is 0 Å². The highest BCUT2D eigenvalue weighted by atomic mass is 16.5. The average Bonchev–Trinajstić information content (AvgIpc) is 3.40. The summed E-state index contributed by atoms with van der Waals surface area (Å²) in [5.41, 5.74) is 1.68. The van der Waals surface area contributed by atoms with E-state index in [-0.39, 0.29) is 30.8 Å². The van der Waals surface area contributed by atoms with E-state index in [0.29, 0.717) is 18.0 Å². The molecule has 1 N–H and O–H groups in total. The van der Waals surface area contributed by atoms with Crippen LogP contribution in [0.2, 0.25) is 0 Å². The summed E-state index contributed by atoms with van der Waals surface area (Å²) in [6, 6.07) is 5.72. The lowest BCUT2D eigenvalue weighted by atomic mass is 10.1. The van der Waals surface area contributed by atoms with Crippen molar-refractivity contribution in [1.82, 2.24) is 4.90 Å². The summed E-state index contributed by atoms with van der Waals surface area (Å²) in [4.78, 5) is 40.1. The molecule has 7 nitrogen and oxygen atoms in total. The van der Waals surface area contributed by atoms with E-state index in [0.717, 1.165) is 18.4 Å². The van der Waals surface area contributed by atoms with Crippen molar-refractivity contribution in [2.75, 3.05) is 25.1 Å². The number of anilines is 1. The van der Waals surface area contributed by atoms with Crippen LogP contribution in [0, 0.1) is 18.8 Å². The monoisotopic (exact) mass is 374 g/mol. The first-order chi connectivity index (χ1) is 12.8. The maximum Gasteiger partial charge on any atom is 0.308 e. The van der Waals surface area contributed by atoms with Crippen molar-refractivity contribution in [1.29, 1.82) is 0 Å². The van der Waals surface area contributed by atoms with Gasteiger partial charge in [-0.05, 0) is 37.5 Å². The summed E-state index contributed by atoms with van der Waals surface area (Å²) in [5.74, 6) is -1.63. The van der Waals surface area contributed by atoms with Gasteiger partial charge < -0.3 is 19.6 Å². The Morgan fingerprint density at radius 1 is 1.37 bits per heavy atom. The van der Waals surface area contributed by atoms with Crippen molar-refractivity contribution < 1.29 is 24.2 Å². The summed E-state index contributed by atoms with van der Waals surface area (Å²) >= 11 is 0. The van der Waals surface area contributed by atoms with Gasteiger partial charge in [0.2, 0.25) is 11.8 Å². The second-order valence-electron chi connectivity index (χ2n) is 7.54. The Bertz CT molecular complexity index is 759. The first-order valence-corrected chi connectivity index (χ1v) is 9.30. The van der Waals surface area contributed by atoms with Crippen LogP contribution in [0.25, 0.3) is 0 Å². The number of benzene rings is 1. The van der Waals surface area contributed by atoms with Crippen LogP contribution in [-0.2, 0) is 14.4 Å². The Labute approximate surface area is 158 Å². The lowest BCUT2D eigenvalue weighted by molar-refractivity contribution is -0.144. The fraction of sp³-hybridized carbons (Fsp3) is 0.550. The van der Waals surface area contributed by atoms with Gasteiger partial charge in [-0.15, -0.1) is 0 Å². The predicted molar refractivity (Wildman–Crippen MR) is 99.7 cm³/mol. The second-order valence-corrected chi connectivity index (χ2v) is 7.54. The van der Waals surface area contributed by atoms with Crippen LogP contribution in [0.5, 0.6) is 5.75 Å². The summed E-state index contributed by atoms with van der Waals surface area (Å²) in [5, 5.41) is 9.18. The highest BCUT2D eigenvalue weighted by molar-refractivity contribution is 6.01. The molecule has 1 aliphatic heterocycles. The molecule has 1 aromatic carbocycles. The number of methoxy groups -OCH3 is 1. The van der Waals surface area contributed by atoms with Crippen molar-refractivity contribution in [3.63, 3.8) is 0 Å². The average molecular weight is 374 g/mol. The van der Waals surface area contributed by atoms with Crippen LogP contribution < -0.4 is 9.64 Å². The smallest absolute Gasteiger partial charge is 0.308 e. The number of carbonyl (C=O) groups is 3. The van der Waals surface area contributed by atoms with Gasteiger partial charge in [0.15, 0.2) is 0 Å². The molecule has 1 saturated carbocycles. The van der Waals surface area contributed by atoms with Crippen LogP contribution in [0.3, 0.4) is 0 Å². The molecule has 0 bridgehead atoms. The number of amides is 2. The van der Waals surface area contributed by atoms with Crippen molar-refractivity contribution in [2.45, 2.75) is 39.2 Å². The molecule has 2 amide bonds. The van der Waals surface area contributed by atoms with Crippen molar-refractivity contribution >= 4 is 23.5 Å². The topological polar surface area (TPSA) is 87.2 Å². The number of aliphatic carboxylic acids is 1. The van der Waals surface area contributed by atoms with Crippen LogP contribution in [-0.4, -0.2) is 54.0 Å². The van der Waals surface area contributed by atoms with Gasteiger partial charge in [-0.3, -0.25) is 14.4 Å². The molecule has 3 rings (SSSR count). The number of carboxylic acid groups (broad SMARTS) is 1. The zero-order chi connectivity index (χ0) is 19.7. The molecule has 27 heavy (non-hydrogen) atoms. The normalized spacial score (nSPS) is 20.5. The Hall–Kier alpha value is -2.57. The summed E-state index contributed by atoms with van der Waals surface area (Å²) < 4.78 is 5.38. The molecule has 2 unspecified atom stereocenters. The molecule has 1 saturated heterocycles. The number of nitrogens with zero attached hydrogens (tertiary/aromatic N) is 2. The van der Waals surface area contributed by atoms with Crippen LogP contribution in [0.4, 0.5) is 5.69 Å². The first kappa shape index (κ1) is 19.2. The minimum Gasteiger partial charge on any atom is -0.495 e. The molecule has 1 aliphatic carbocycles. The zero-order valence-corrected chi connectivity index (χ0v) is 16.0. The predicted octanol–water partition coefficient (Wildman–Crippen LogP) is 2.07. The van der Waals surface area contributed by atoms with Gasteiger partial charge in [0.05, 0.1) is 24.6 Å². The molecule has 0 aromatic heterocycles. The number of hydrogen-bond donors (Lipinski definition) is 1. The van der Waals surface area contributed by atoms with E-state index in [1.807, 2.05) is 25.1 Å². The van der Waals surface area contributed by atoms with Gasteiger partial charge >= 0.3 is 5.97 Å². The molecule has 146 valence electrons. The first-order valence-electron chi connectivity index (χ1n) is 9.30. The third-order valence-corrected chi connectivity index (χ3v) is 5.26. The fourth-order valence-electron chi connectivity index (χ4n) is 3.53. The lowest BCUT2D eigenvalue weighted by Gasteiger charge is -2.27. The number of aryl methyl sites for hydroxylation is 1. The standard InChI is InChI=1S/C20H26N2O5/c1-12-4-7-17(27-3)16(8-12)22-11-14(9-18(22)23)19(24)21(15-5-6-15)10-13(2)20(25)26/h4,7-8,13-15H,5-6,9-11H2,1-3H3,(H,25,26). The molecule has 7 heteroatoms. The Kier molecular flexibility index (Phi) is 5.39. The summed E-state index contributed by atoms with van der Waals surface area (Å²) in [7, 11) is 1.56. The molecule has 2 fully saturated rings. The van der Waals surface area contributed by atoms with Gasteiger partial charge in [0.1, 0.15) is 5.75 Å². The molecule has 1 heterocycles. The van der Waals surface area contributed by atoms with Crippen LogP contribution in [0.15, 0.2) is 18.2 Å². The Morgan fingerprint density at radius 3 is 2.67 bits per heavy atom. The van der Waals surface area contributed by atoms with Crippen LogP contribution >= 0.6 is 0 Å². The zero-order valence-electron chi connectivity index (χ0n) is 16.0. The number of carbonyl (C=O) groups excluding carboxylic acids is 2. The van der Waals surface area contributed by atoms with Crippen molar-refractivity contribution in [3.8, 4) is 5.75 Å². The third kappa shape index (κ3) is 4.07. The number of ether oxygens (including phenoxy) is 1. The van der Waals surface area contributed by atoms with Gasteiger partial charge in [0.25, 0.3) is 0 Å². The largest absolute Gasteiger partial charge is 0.495 e. The van der Waals surface area contributed by atoms with E-state index in [4.69, 9.17) is 4.74 Å². The van der Waals surface area contributed by atoms with Crippen molar-refractivity contribution in [2.24, 2.45) is 11.8 Å². The molecule has 0 spiro atoms. The molecule has 2 atom stereocenters.